The molecule has 170 valence electrons. The van der Waals surface area contributed by atoms with Crippen molar-refractivity contribution in [2.45, 2.75) is 6.92 Å². The summed E-state index contributed by atoms with van der Waals surface area (Å²) >= 11 is 5.91. The van der Waals surface area contributed by atoms with E-state index in [4.69, 9.17) is 16.3 Å². The van der Waals surface area contributed by atoms with Crippen molar-refractivity contribution in [1.82, 2.24) is 9.88 Å². The molecule has 0 aliphatic rings. The largest absolute Gasteiger partial charge is 0.492 e. The molecule has 1 amide bonds. The van der Waals surface area contributed by atoms with Gasteiger partial charge in [0.2, 0.25) is 5.91 Å². The molecular formula is C24H23ClFN5O2. The molecule has 0 bridgehead atoms. The third-order valence-electron chi connectivity index (χ3n) is 4.60. The smallest absolute Gasteiger partial charge is 0.248 e. The summed E-state index contributed by atoms with van der Waals surface area (Å²) in [5.41, 5.74) is 2.04. The number of nitriles is 1. The van der Waals surface area contributed by atoms with Crippen LogP contribution in [0.2, 0.25) is 5.02 Å². The van der Waals surface area contributed by atoms with Crippen LogP contribution >= 0.6 is 11.6 Å². The van der Waals surface area contributed by atoms with Crippen LogP contribution in [-0.4, -0.2) is 43.0 Å². The Bertz CT molecular complexity index is 1250. The van der Waals surface area contributed by atoms with E-state index in [0.29, 0.717) is 46.9 Å². The lowest BCUT2D eigenvalue weighted by Crippen LogP contribution is -2.14. The van der Waals surface area contributed by atoms with Gasteiger partial charge in [-0.05, 0) is 51.4 Å². The summed E-state index contributed by atoms with van der Waals surface area (Å²) in [6.45, 7) is 2.84. The van der Waals surface area contributed by atoms with Gasteiger partial charge in [0, 0.05) is 29.9 Å². The number of amides is 1. The number of nitrogens with one attached hydrogen (secondary N) is 2. The molecule has 9 heteroatoms. The Balaban J connectivity index is 2.09. The van der Waals surface area contributed by atoms with Crippen molar-refractivity contribution in [3.05, 3.63) is 65.1 Å². The molecule has 0 fully saturated rings. The number of halogens is 2. The number of ether oxygens (including phenoxy) is 1. The van der Waals surface area contributed by atoms with Crippen molar-refractivity contribution in [3.8, 4) is 11.8 Å². The van der Waals surface area contributed by atoms with Gasteiger partial charge in [0.25, 0.3) is 0 Å². The van der Waals surface area contributed by atoms with Gasteiger partial charge in [0.05, 0.1) is 28.4 Å². The maximum absolute atomic E-state index is 13.6. The third-order valence-corrected chi connectivity index (χ3v) is 4.89. The lowest BCUT2D eigenvalue weighted by Gasteiger charge is -2.17. The summed E-state index contributed by atoms with van der Waals surface area (Å²) in [7, 11) is 3.80. The number of carbonyl (C=O) groups is 1. The predicted molar refractivity (Wildman–Crippen MR) is 129 cm³/mol. The Morgan fingerprint density at radius 1 is 1.30 bits per heavy atom. The zero-order valence-corrected chi connectivity index (χ0v) is 19.2. The number of rotatable bonds is 8. The highest BCUT2D eigenvalue weighted by atomic mass is 35.5. The standard InChI is InChI=1S/C24H23ClFN5O2/c1-4-33-20-10-8-17-22(29-16-7-9-19(26)18(25)12-16)15(13-27)14-28-23(17)24(20)30-21(32)6-5-11-31(2)3/h5-10,12,14H,4,11H2,1-3H3,(H,28,29)(H,30,32). The maximum Gasteiger partial charge on any atom is 0.248 e. The molecule has 1 heterocycles. The molecule has 0 radical (unpaired) electrons. The molecule has 0 aliphatic carbocycles. The molecule has 0 atom stereocenters. The topological polar surface area (TPSA) is 90.3 Å². The summed E-state index contributed by atoms with van der Waals surface area (Å²) in [5.74, 6) is -0.431. The van der Waals surface area contributed by atoms with E-state index >= 15 is 0 Å². The SMILES string of the molecule is CCOc1ccc2c(Nc3ccc(F)c(Cl)c3)c(C#N)cnc2c1NC(=O)C=CCN(C)C. The van der Waals surface area contributed by atoms with E-state index < -0.39 is 5.82 Å². The van der Waals surface area contributed by atoms with E-state index in [0.717, 1.165) is 0 Å². The molecule has 2 aromatic carbocycles. The van der Waals surface area contributed by atoms with Crippen molar-refractivity contribution < 1.29 is 13.9 Å². The highest BCUT2D eigenvalue weighted by Crippen LogP contribution is 2.38. The molecule has 7 nitrogen and oxygen atoms in total. The summed E-state index contributed by atoms with van der Waals surface area (Å²) in [4.78, 5) is 18.9. The Morgan fingerprint density at radius 3 is 2.76 bits per heavy atom. The minimum atomic E-state index is -0.545. The van der Waals surface area contributed by atoms with Gasteiger partial charge in [-0.2, -0.15) is 5.26 Å². The molecular weight excluding hydrogens is 445 g/mol. The van der Waals surface area contributed by atoms with Gasteiger partial charge in [0.1, 0.15) is 23.3 Å². The molecule has 1 aromatic heterocycles. The number of fused-ring (bicyclic) bond motifs is 1. The van der Waals surface area contributed by atoms with Crippen molar-refractivity contribution in [2.75, 3.05) is 37.9 Å². The zero-order valence-electron chi connectivity index (χ0n) is 18.4. The Morgan fingerprint density at radius 2 is 2.09 bits per heavy atom. The maximum atomic E-state index is 13.6. The van der Waals surface area contributed by atoms with Crippen LogP contribution in [0.4, 0.5) is 21.5 Å². The molecule has 2 N–H and O–H groups in total. The molecule has 0 aliphatic heterocycles. The van der Waals surface area contributed by atoms with Crippen LogP contribution in [0.25, 0.3) is 10.9 Å². The number of likely N-dealkylation sites (N-methyl/N-ethyl adjacent to an activating group) is 1. The Kier molecular flexibility index (Phi) is 7.83. The highest BCUT2D eigenvalue weighted by Gasteiger charge is 2.17. The van der Waals surface area contributed by atoms with Gasteiger partial charge >= 0.3 is 0 Å². The van der Waals surface area contributed by atoms with E-state index in [2.05, 4.69) is 21.7 Å². The van der Waals surface area contributed by atoms with Crippen molar-refractivity contribution in [1.29, 1.82) is 5.26 Å². The minimum absolute atomic E-state index is 0.0482. The van der Waals surface area contributed by atoms with Gasteiger partial charge < -0.3 is 20.3 Å². The second-order valence-electron chi connectivity index (χ2n) is 7.33. The fraction of sp³-hybridized carbons (Fsp3) is 0.208. The average molecular weight is 468 g/mol. The second-order valence-corrected chi connectivity index (χ2v) is 7.74. The number of nitrogens with zero attached hydrogens (tertiary/aromatic N) is 3. The van der Waals surface area contributed by atoms with Crippen LogP contribution in [0.5, 0.6) is 5.75 Å². The molecule has 3 aromatic rings. The number of pyridine rings is 1. The van der Waals surface area contributed by atoms with Crippen molar-refractivity contribution in [3.63, 3.8) is 0 Å². The first kappa shape index (κ1) is 24.0. The van der Waals surface area contributed by atoms with Crippen LogP contribution < -0.4 is 15.4 Å². The summed E-state index contributed by atoms with van der Waals surface area (Å²) in [5, 5.41) is 16.1. The first-order valence-corrected chi connectivity index (χ1v) is 10.5. The number of carbonyl (C=O) groups excluding carboxylic acids is 1. The minimum Gasteiger partial charge on any atom is -0.492 e. The molecule has 0 spiro atoms. The Hall–Kier alpha value is -3.67. The van der Waals surface area contributed by atoms with Gasteiger partial charge in [-0.3, -0.25) is 9.78 Å². The molecule has 0 saturated heterocycles. The van der Waals surface area contributed by atoms with Gasteiger partial charge in [0.15, 0.2) is 0 Å². The quantitative estimate of drug-likeness (QED) is 0.448. The van der Waals surface area contributed by atoms with E-state index in [1.807, 2.05) is 25.9 Å². The summed E-state index contributed by atoms with van der Waals surface area (Å²) in [6.07, 6.45) is 4.59. The molecule has 33 heavy (non-hydrogen) atoms. The Labute approximate surface area is 196 Å². The number of hydrogen-bond donors (Lipinski definition) is 2. The molecule has 0 unspecified atom stereocenters. The molecule has 0 saturated carbocycles. The fourth-order valence-corrected chi connectivity index (χ4v) is 3.30. The normalized spacial score (nSPS) is 11.1. The monoisotopic (exact) mass is 467 g/mol. The highest BCUT2D eigenvalue weighted by molar-refractivity contribution is 6.31. The number of aromatic nitrogens is 1. The summed E-state index contributed by atoms with van der Waals surface area (Å²) in [6, 6.07) is 9.74. The van der Waals surface area contributed by atoms with Crippen molar-refractivity contribution in [2.24, 2.45) is 0 Å². The third kappa shape index (κ3) is 5.77. The molecule has 3 rings (SSSR count). The van der Waals surface area contributed by atoms with E-state index in [1.54, 1.807) is 18.2 Å². The average Bonchev–Trinajstić information content (AvgIpc) is 2.77. The fourth-order valence-electron chi connectivity index (χ4n) is 3.12. The van der Waals surface area contributed by atoms with Crippen LogP contribution in [0, 0.1) is 17.1 Å². The lowest BCUT2D eigenvalue weighted by atomic mass is 10.1. The first-order valence-electron chi connectivity index (χ1n) is 10.2. The van der Waals surface area contributed by atoms with Crippen molar-refractivity contribution >= 4 is 45.5 Å². The van der Waals surface area contributed by atoms with E-state index in [9.17, 15) is 14.4 Å². The second kappa shape index (κ2) is 10.8. The number of benzene rings is 2. The van der Waals surface area contributed by atoms with Crippen LogP contribution in [0.15, 0.2) is 48.7 Å². The van der Waals surface area contributed by atoms with Crippen LogP contribution in [0.3, 0.4) is 0 Å². The zero-order chi connectivity index (χ0) is 24.0. The number of hydrogen-bond acceptors (Lipinski definition) is 6. The van der Waals surface area contributed by atoms with Gasteiger partial charge in [-0.15, -0.1) is 0 Å². The first-order chi connectivity index (χ1) is 15.8. The summed E-state index contributed by atoms with van der Waals surface area (Å²) < 4.78 is 19.3. The number of anilines is 3. The van der Waals surface area contributed by atoms with E-state index in [1.165, 1.54) is 30.5 Å². The van der Waals surface area contributed by atoms with Crippen LogP contribution in [-0.2, 0) is 4.79 Å². The van der Waals surface area contributed by atoms with Gasteiger partial charge in [-0.1, -0.05) is 17.7 Å². The van der Waals surface area contributed by atoms with E-state index in [-0.39, 0.29) is 16.5 Å². The predicted octanol–water partition coefficient (Wildman–Crippen LogP) is 5.10. The lowest BCUT2D eigenvalue weighted by molar-refractivity contribution is -0.111. The van der Waals surface area contributed by atoms with Crippen LogP contribution in [0.1, 0.15) is 12.5 Å². The van der Waals surface area contributed by atoms with Gasteiger partial charge in [-0.25, -0.2) is 4.39 Å².